The molecular formula is C19H21NO4. The van der Waals surface area contributed by atoms with Crippen molar-refractivity contribution in [3.05, 3.63) is 60.2 Å². The Bertz CT molecular complexity index is 682. The Morgan fingerprint density at radius 2 is 1.71 bits per heavy atom. The predicted molar refractivity (Wildman–Crippen MR) is 92.1 cm³/mol. The quantitative estimate of drug-likeness (QED) is 0.819. The monoisotopic (exact) mass is 327 g/mol. The molecule has 0 aliphatic rings. The maximum atomic E-state index is 12.6. The van der Waals surface area contributed by atoms with E-state index in [1.54, 1.807) is 38.3 Å². The second kappa shape index (κ2) is 8.15. The largest absolute Gasteiger partial charge is 0.497 e. The van der Waals surface area contributed by atoms with Crippen LogP contribution >= 0.6 is 0 Å². The zero-order chi connectivity index (χ0) is 17.5. The number of benzene rings is 2. The van der Waals surface area contributed by atoms with Gasteiger partial charge in [-0.1, -0.05) is 37.3 Å². The molecule has 5 nitrogen and oxygen atoms in total. The van der Waals surface area contributed by atoms with Crippen LogP contribution in [0.15, 0.2) is 54.6 Å². The number of carboxylic acid groups (broad SMARTS) is 1. The summed E-state index contributed by atoms with van der Waals surface area (Å²) in [6.45, 7) is 1.56. The molecule has 0 bridgehead atoms. The molecular weight excluding hydrogens is 306 g/mol. The first-order chi connectivity index (χ1) is 11.5. The number of carbonyl (C=O) groups is 2. The van der Waals surface area contributed by atoms with Crippen LogP contribution in [-0.4, -0.2) is 24.1 Å². The number of hydrogen-bond donors (Lipinski definition) is 2. The van der Waals surface area contributed by atoms with Crippen LogP contribution in [0.3, 0.4) is 0 Å². The number of anilines is 1. The van der Waals surface area contributed by atoms with Crippen LogP contribution in [0.25, 0.3) is 0 Å². The van der Waals surface area contributed by atoms with Crippen LogP contribution < -0.4 is 10.1 Å². The van der Waals surface area contributed by atoms with Crippen molar-refractivity contribution in [2.45, 2.75) is 13.3 Å². The Hall–Kier alpha value is -2.82. The number of carboxylic acids is 1. The van der Waals surface area contributed by atoms with Crippen LogP contribution in [0.5, 0.6) is 5.75 Å². The van der Waals surface area contributed by atoms with Gasteiger partial charge >= 0.3 is 5.97 Å². The fourth-order valence-corrected chi connectivity index (χ4v) is 2.44. The molecule has 0 aliphatic carbocycles. The van der Waals surface area contributed by atoms with Gasteiger partial charge in [-0.3, -0.25) is 9.59 Å². The van der Waals surface area contributed by atoms with Gasteiger partial charge in [-0.05, 0) is 36.2 Å². The average molecular weight is 327 g/mol. The van der Waals surface area contributed by atoms with Crippen molar-refractivity contribution < 1.29 is 19.4 Å². The van der Waals surface area contributed by atoms with E-state index < -0.39 is 17.8 Å². The number of para-hydroxylation sites is 1. The van der Waals surface area contributed by atoms with Crippen molar-refractivity contribution in [1.82, 2.24) is 0 Å². The number of amides is 1. The molecule has 2 atom stereocenters. The SMILES string of the molecule is COc1ccc(CC(C(=O)Nc2ccccc2)C(C)C(=O)O)cc1. The third-order valence-electron chi connectivity index (χ3n) is 3.99. The van der Waals surface area contributed by atoms with E-state index in [2.05, 4.69) is 5.32 Å². The lowest BCUT2D eigenvalue weighted by molar-refractivity contribution is -0.145. The minimum absolute atomic E-state index is 0.299. The molecule has 0 fully saturated rings. The Morgan fingerprint density at radius 1 is 1.08 bits per heavy atom. The van der Waals surface area contributed by atoms with E-state index in [1.165, 1.54) is 0 Å². The van der Waals surface area contributed by atoms with E-state index in [-0.39, 0.29) is 5.91 Å². The molecule has 2 aromatic carbocycles. The predicted octanol–water partition coefficient (Wildman–Crippen LogP) is 3.21. The Labute approximate surface area is 141 Å². The zero-order valence-electron chi connectivity index (χ0n) is 13.7. The van der Waals surface area contributed by atoms with Gasteiger partial charge in [-0.25, -0.2) is 0 Å². The third kappa shape index (κ3) is 4.59. The molecule has 1 amide bonds. The Kier molecular flexibility index (Phi) is 5.95. The first-order valence-corrected chi connectivity index (χ1v) is 7.73. The van der Waals surface area contributed by atoms with Crippen LogP contribution in [0, 0.1) is 11.8 Å². The molecule has 0 heterocycles. The standard InChI is InChI=1S/C19H21NO4/c1-13(19(22)23)17(12-14-8-10-16(24-2)11-9-14)18(21)20-15-6-4-3-5-7-15/h3-11,13,17H,12H2,1-2H3,(H,20,21)(H,22,23). The van der Waals surface area contributed by atoms with Gasteiger partial charge in [-0.2, -0.15) is 0 Å². The summed E-state index contributed by atoms with van der Waals surface area (Å²) in [6, 6.07) is 16.3. The molecule has 0 aliphatic heterocycles. The average Bonchev–Trinajstić information content (AvgIpc) is 2.60. The highest BCUT2D eigenvalue weighted by Crippen LogP contribution is 2.22. The van der Waals surface area contributed by atoms with E-state index in [4.69, 9.17) is 4.74 Å². The van der Waals surface area contributed by atoms with Gasteiger partial charge in [0, 0.05) is 5.69 Å². The van der Waals surface area contributed by atoms with Gasteiger partial charge in [0.05, 0.1) is 18.9 Å². The number of aliphatic carboxylic acids is 1. The summed E-state index contributed by atoms with van der Waals surface area (Å²) >= 11 is 0. The normalized spacial score (nSPS) is 12.9. The molecule has 126 valence electrons. The molecule has 2 N–H and O–H groups in total. The van der Waals surface area contributed by atoms with E-state index in [9.17, 15) is 14.7 Å². The van der Waals surface area contributed by atoms with Crippen LogP contribution in [0.1, 0.15) is 12.5 Å². The minimum atomic E-state index is -0.989. The third-order valence-corrected chi connectivity index (χ3v) is 3.99. The number of ether oxygens (including phenoxy) is 1. The van der Waals surface area contributed by atoms with E-state index in [0.29, 0.717) is 12.1 Å². The van der Waals surface area contributed by atoms with Gasteiger partial charge in [0.2, 0.25) is 5.91 Å². The molecule has 0 radical (unpaired) electrons. The van der Waals surface area contributed by atoms with Gasteiger partial charge in [0.15, 0.2) is 0 Å². The topological polar surface area (TPSA) is 75.6 Å². The van der Waals surface area contributed by atoms with Crippen molar-refractivity contribution in [1.29, 1.82) is 0 Å². The molecule has 2 rings (SSSR count). The molecule has 0 spiro atoms. The summed E-state index contributed by atoms with van der Waals surface area (Å²) in [5, 5.41) is 12.1. The fourth-order valence-electron chi connectivity index (χ4n) is 2.44. The van der Waals surface area contributed by atoms with Crippen molar-refractivity contribution >= 4 is 17.6 Å². The van der Waals surface area contributed by atoms with E-state index in [1.807, 2.05) is 30.3 Å². The highest BCUT2D eigenvalue weighted by molar-refractivity contribution is 5.95. The first kappa shape index (κ1) is 17.5. The summed E-state index contributed by atoms with van der Waals surface area (Å²) < 4.78 is 5.11. The number of rotatable bonds is 7. The number of methoxy groups -OCH3 is 1. The second-order valence-corrected chi connectivity index (χ2v) is 5.64. The smallest absolute Gasteiger partial charge is 0.307 e. The maximum Gasteiger partial charge on any atom is 0.307 e. The maximum absolute atomic E-state index is 12.6. The number of hydrogen-bond acceptors (Lipinski definition) is 3. The van der Waals surface area contributed by atoms with Crippen LogP contribution in [0.2, 0.25) is 0 Å². The zero-order valence-corrected chi connectivity index (χ0v) is 13.7. The molecule has 0 saturated heterocycles. The van der Waals surface area contributed by atoms with Crippen molar-refractivity contribution in [2.24, 2.45) is 11.8 Å². The molecule has 24 heavy (non-hydrogen) atoms. The van der Waals surface area contributed by atoms with Gasteiger partial charge in [0.1, 0.15) is 5.75 Å². The summed E-state index contributed by atoms with van der Waals surface area (Å²) in [5.74, 6) is -2.04. The molecule has 2 aromatic rings. The summed E-state index contributed by atoms with van der Waals surface area (Å²) in [4.78, 5) is 24.0. The number of nitrogens with one attached hydrogen (secondary N) is 1. The van der Waals surface area contributed by atoms with Crippen LogP contribution in [0.4, 0.5) is 5.69 Å². The molecule has 0 aromatic heterocycles. The summed E-state index contributed by atoms with van der Waals surface area (Å²) in [5.41, 5.74) is 1.54. The second-order valence-electron chi connectivity index (χ2n) is 5.64. The van der Waals surface area contributed by atoms with Crippen molar-refractivity contribution in [3.63, 3.8) is 0 Å². The van der Waals surface area contributed by atoms with E-state index in [0.717, 1.165) is 11.3 Å². The van der Waals surface area contributed by atoms with Crippen LogP contribution in [-0.2, 0) is 16.0 Å². The number of carbonyl (C=O) groups excluding carboxylic acids is 1. The Balaban J connectivity index is 2.17. The van der Waals surface area contributed by atoms with Crippen molar-refractivity contribution in [3.8, 4) is 5.75 Å². The first-order valence-electron chi connectivity index (χ1n) is 7.73. The summed E-state index contributed by atoms with van der Waals surface area (Å²) in [6.07, 6.45) is 0.343. The lowest BCUT2D eigenvalue weighted by Crippen LogP contribution is -2.33. The fraction of sp³-hybridized carbons (Fsp3) is 0.263. The van der Waals surface area contributed by atoms with Gasteiger partial charge in [0.25, 0.3) is 0 Å². The van der Waals surface area contributed by atoms with Gasteiger partial charge < -0.3 is 15.2 Å². The molecule has 0 saturated carbocycles. The minimum Gasteiger partial charge on any atom is -0.497 e. The Morgan fingerprint density at radius 3 is 2.25 bits per heavy atom. The van der Waals surface area contributed by atoms with Gasteiger partial charge in [-0.15, -0.1) is 0 Å². The van der Waals surface area contributed by atoms with Crippen molar-refractivity contribution in [2.75, 3.05) is 12.4 Å². The molecule has 2 unspecified atom stereocenters. The van der Waals surface area contributed by atoms with E-state index >= 15 is 0 Å². The lowest BCUT2D eigenvalue weighted by atomic mass is 9.87. The highest BCUT2D eigenvalue weighted by Gasteiger charge is 2.30. The lowest BCUT2D eigenvalue weighted by Gasteiger charge is -2.20. The highest BCUT2D eigenvalue weighted by atomic mass is 16.5. The molecule has 5 heteroatoms. The summed E-state index contributed by atoms with van der Waals surface area (Å²) in [7, 11) is 1.58.